The van der Waals surface area contributed by atoms with Crippen molar-refractivity contribution in [1.29, 1.82) is 0 Å². The molecule has 0 saturated carbocycles. The second kappa shape index (κ2) is 33.2. The van der Waals surface area contributed by atoms with Crippen molar-refractivity contribution < 1.29 is 73.7 Å². The van der Waals surface area contributed by atoms with Gasteiger partial charge in [-0.1, -0.05) is 0 Å². The first-order valence-corrected chi connectivity index (χ1v) is 35.5. The highest BCUT2D eigenvalue weighted by atomic mass is 35.5. The number of H-pyrrole nitrogens is 4. The molecule has 47 nitrogen and oxygen atoms in total. The maximum atomic E-state index is 12.2. The Bertz CT molecular complexity index is 4960. The van der Waals surface area contributed by atoms with Crippen molar-refractivity contribution in [2.75, 3.05) is 54.6 Å². The number of nitro benzene ring substituents is 2. The molecule has 0 radical (unpaired) electrons. The molecule has 4 fully saturated rings. The molecule has 2 aromatic carbocycles. The number of non-ortho nitro benzene ring substituents is 2. The van der Waals surface area contributed by atoms with E-state index in [0.717, 1.165) is 0 Å². The summed E-state index contributed by atoms with van der Waals surface area (Å²) in [4.78, 5) is 128. The van der Waals surface area contributed by atoms with Gasteiger partial charge in [0.2, 0.25) is 23.8 Å². The fraction of sp³-hybridized carbons (Fsp3) is 0.411. The van der Waals surface area contributed by atoms with Crippen LogP contribution < -0.4 is 76.1 Å². The van der Waals surface area contributed by atoms with Crippen molar-refractivity contribution in [3.05, 3.63) is 135 Å². The molecule has 50 heteroatoms. The number of nitrogen functional groups attached to an aromatic ring is 4. The number of fused-ring (bicyclic) bond motifs is 4. The summed E-state index contributed by atoms with van der Waals surface area (Å²) in [5, 5.41) is 82.2. The Balaban J connectivity index is 0.000000159. The lowest BCUT2D eigenvalue weighted by molar-refractivity contribution is -0.385. The summed E-state index contributed by atoms with van der Waals surface area (Å²) >= 11 is 9.53. The number of ether oxygens (including phenoxy) is 6. The number of anilines is 4. The summed E-state index contributed by atoms with van der Waals surface area (Å²) in [6.07, 6.45) is -4.10. The fourth-order valence-electron chi connectivity index (χ4n) is 11.5. The fourth-order valence-corrected chi connectivity index (χ4v) is 13.5. The molecule has 12 heterocycles. The molecule has 0 amide bonds. The van der Waals surface area contributed by atoms with E-state index in [9.17, 15) is 69.7 Å². The number of rotatable bonds is 16. The largest absolute Gasteiger partial charge is 0.519 e. The van der Waals surface area contributed by atoms with Crippen LogP contribution in [0.2, 0.25) is 13.1 Å². The van der Waals surface area contributed by atoms with Gasteiger partial charge in [0, 0.05) is 50.2 Å². The minimum absolute atomic E-state index is 0.00757. The molecule has 24 N–H and O–H groups in total. The molecule has 8 aromatic heterocycles. The molecule has 0 spiro atoms. The van der Waals surface area contributed by atoms with Gasteiger partial charge < -0.3 is 103 Å². The number of carbonyl (C=O) groups excluding carboxylic acids is 1. The third kappa shape index (κ3) is 17.3. The van der Waals surface area contributed by atoms with E-state index in [1.165, 1.54) is 83.0 Å². The van der Waals surface area contributed by atoms with Gasteiger partial charge in [-0.3, -0.25) is 77.6 Å². The van der Waals surface area contributed by atoms with Gasteiger partial charge in [0.1, 0.15) is 48.4 Å². The maximum Gasteiger partial charge on any atom is 0.519 e. The van der Waals surface area contributed by atoms with E-state index in [-0.39, 0.29) is 124 Å². The highest BCUT2D eigenvalue weighted by Gasteiger charge is 2.48. The standard InChI is InChI=1S/C22H32N12O7Si.C13H8N2O7.C10H14N6O4.C10H14N6O3.CH2Cl2/c1-42(2,27-4-9-8(36)3-11(40-9)33-6-25-13-16(33)28-21(23)30-18(13)38)32-12-10(5-35)41-20(15(12)37)34-7-26-14-17(34)29-22(24)31-19(14)39;16-13(21-11-5-1-9(2-6-11)14(17)18)22-12-7-3-10(4-8-12)15(19)20;11-4-3(1-17)20-9(6(4)18)16-2-13-5-7(16)14-10(12)15-8(5)19;11-2-5-4(17)1-6(19-5)16-3-13-7-8(16)14-10(12)15-9(7)18;2-1-3/h6-12,15,20,27,32,35-37H,3-5H2,1-2H3,(H3,23,28,30,38)(H3,24,29,31,39);1-8H;2-4,6,9,17-18H,1,11H2,(H3,12,14,15,19);3-6,17H,1-2,11H2,(H3,12,14,15,18);1H2/t8-,9+,10+,11+,12+,15+,20+;;3-,4-,6-,9-;4-,5+,6+;/m0.10./s1. The van der Waals surface area contributed by atoms with Crippen LogP contribution in [-0.4, -0.2) is 226 Å². The molecule has 10 aromatic rings. The average molecular weight is 1540 g/mol. The van der Waals surface area contributed by atoms with Crippen LogP contribution in [0.5, 0.6) is 11.5 Å². The summed E-state index contributed by atoms with van der Waals surface area (Å²) < 4.78 is 38.7. The van der Waals surface area contributed by atoms with Crippen LogP contribution in [0.4, 0.5) is 40.0 Å². The van der Waals surface area contributed by atoms with Crippen LogP contribution in [0.25, 0.3) is 44.7 Å². The van der Waals surface area contributed by atoms with E-state index < -0.39 is 132 Å². The van der Waals surface area contributed by atoms with Crippen LogP contribution >= 0.6 is 23.2 Å². The monoisotopic (exact) mass is 1540 g/mol. The predicted molar refractivity (Wildman–Crippen MR) is 372 cm³/mol. The van der Waals surface area contributed by atoms with Gasteiger partial charge in [0.15, 0.2) is 65.5 Å². The number of aliphatic hydroxyl groups excluding tert-OH is 6. The first-order chi connectivity index (χ1) is 50.4. The van der Waals surface area contributed by atoms with Crippen molar-refractivity contribution in [2.45, 2.75) is 112 Å². The van der Waals surface area contributed by atoms with E-state index in [2.05, 4.69) is 69.8 Å². The van der Waals surface area contributed by atoms with Gasteiger partial charge in [0.25, 0.3) is 33.6 Å². The van der Waals surface area contributed by atoms with E-state index >= 15 is 0 Å². The van der Waals surface area contributed by atoms with E-state index in [0.29, 0.717) is 12.1 Å². The highest BCUT2D eigenvalue weighted by molar-refractivity contribution is 6.72. The predicted octanol–water partition coefficient (Wildman–Crippen LogP) is -3.34. The molecular weight excluding hydrogens is 1470 g/mol. The minimum Gasteiger partial charge on any atom is -0.395 e. The number of benzene rings is 2. The van der Waals surface area contributed by atoms with E-state index in [1.54, 1.807) is 9.13 Å². The minimum atomic E-state index is -2.55. The van der Waals surface area contributed by atoms with Crippen molar-refractivity contribution in [2.24, 2.45) is 11.5 Å². The summed E-state index contributed by atoms with van der Waals surface area (Å²) in [5.41, 5.74) is 32.8. The zero-order valence-corrected chi connectivity index (χ0v) is 57.8. The number of aromatic amines is 4. The first-order valence-electron chi connectivity index (χ1n) is 31.4. The molecule has 0 bridgehead atoms. The van der Waals surface area contributed by atoms with Crippen LogP contribution in [0.3, 0.4) is 0 Å². The molecule has 568 valence electrons. The molecule has 4 aliphatic rings. The number of nitrogens with one attached hydrogen (secondary N) is 6. The number of hydrogen-bond donors (Lipinski definition) is 18. The molecule has 4 aliphatic heterocycles. The van der Waals surface area contributed by atoms with E-state index in [1.807, 2.05) is 13.1 Å². The lowest BCUT2D eigenvalue weighted by atomic mass is 10.1. The highest BCUT2D eigenvalue weighted by Crippen LogP contribution is 2.35. The number of nitro groups is 2. The summed E-state index contributed by atoms with van der Waals surface area (Å²) in [6, 6.07) is 8.24. The number of alkyl halides is 2. The van der Waals surface area contributed by atoms with Gasteiger partial charge in [0.05, 0.1) is 90.2 Å². The van der Waals surface area contributed by atoms with Crippen LogP contribution in [-0.2, 0) is 18.9 Å². The molecule has 0 aliphatic carbocycles. The van der Waals surface area contributed by atoms with Gasteiger partial charge in [-0.2, -0.15) is 19.9 Å². The number of hydrogen-bond acceptors (Lipinski definition) is 37. The second-order valence-electron chi connectivity index (χ2n) is 24.0. The zero-order valence-electron chi connectivity index (χ0n) is 55.2. The molecule has 4 saturated heterocycles. The first kappa shape index (κ1) is 77.9. The average Bonchev–Trinajstić information content (AvgIpc) is 1.62. The van der Waals surface area contributed by atoms with Crippen LogP contribution in [0.15, 0.2) is 93.0 Å². The third-order valence-corrected chi connectivity index (χ3v) is 18.7. The second-order valence-corrected chi connectivity index (χ2v) is 28.7. The van der Waals surface area contributed by atoms with Crippen molar-refractivity contribution in [3.8, 4) is 11.5 Å². The number of halogens is 2. The lowest BCUT2D eigenvalue weighted by Crippen LogP contribution is -2.66. The summed E-state index contributed by atoms with van der Waals surface area (Å²) in [7, 11) is -2.55. The number of aromatic nitrogens is 16. The Kier molecular flexibility index (Phi) is 24.4. The zero-order chi connectivity index (χ0) is 76.7. The molecular formula is C56H70Cl2N26O21Si. The summed E-state index contributed by atoms with van der Waals surface area (Å²) in [6.45, 7) is 3.69. The van der Waals surface area contributed by atoms with Crippen molar-refractivity contribution in [1.82, 2.24) is 88.0 Å². The lowest BCUT2D eigenvalue weighted by Gasteiger charge is -2.33. The van der Waals surface area contributed by atoms with E-state index in [4.69, 9.17) is 91.1 Å². The number of aliphatic hydroxyl groups is 6. The van der Waals surface area contributed by atoms with Gasteiger partial charge in [-0.15, -0.1) is 23.2 Å². The Morgan fingerprint density at radius 1 is 0.585 bits per heavy atom. The smallest absolute Gasteiger partial charge is 0.395 e. The topological polar surface area (TPSA) is 715 Å². The maximum absolute atomic E-state index is 12.2. The van der Waals surface area contributed by atoms with Crippen LogP contribution in [0, 0.1) is 20.2 Å². The number of nitrogens with zero attached hydrogens (tertiary/aromatic N) is 14. The van der Waals surface area contributed by atoms with Crippen molar-refractivity contribution in [3.63, 3.8) is 0 Å². The number of carbonyl (C=O) groups is 1. The Morgan fingerprint density at radius 2 is 0.934 bits per heavy atom. The molecule has 14 rings (SSSR count). The Hall–Kier alpha value is -10.7. The Labute approximate surface area is 601 Å². The molecule has 14 atom stereocenters. The van der Waals surface area contributed by atoms with Crippen molar-refractivity contribution >= 4 is 118 Å². The number of nitrogens with two attached hydrogens (primary N) is 6. The Morgan fingerprint density at radius 3 is 1.29 bits per heavy atom. The van der Waals surface area contributed by atoms with Gasteiger partial charge in [-0.05, 0) is 37.4 Å². The number of imidazole rings is 4. The van der Waals surface area contributed by atoms with Crippen LogP contribution in [0.1, 0.15) is 37.8 Å². The molecule has 106 heavy (non-hydrogen) atoms. The van der Waals surface area contributed by atoms with Gasteiger partial charge in [-0.25, -0.2) is 24.7 Å². The molecule has 0 unspecified atom stereocenters. The summed E-state index contributed by atoms with van der Waals surface area (Å²) in [5.74, 6) is -0.0914. The SMILES string of the molecule is C[Si](C)(NC[C@H]1O[C@@H](n2cnc3c(=O)[nH]c(N)nc32)C[C@@H]1O)N[C@H]1[C@@H](O)[C@H](n2cnc3c(=O)[nH]c(N)nc32)O[C@@H]1CO.ClCCl.NC[C@H]1O[C@@H](n2cnc3c(=O)[nH]c(N)nc32)C[C@@H]1O.Nc1nc2c(ncn2[C@@H]2O[C@H](CO)[C@@H](N)[C@H]2O)c(=O)[nH]1.O=C(Oc1ccc([N+](=O)[O-])cc1)Oc1ccc([N+](=O)[O-])cc1. The third-order valence-electron chi connectivity index (χ3n) is 16.5. The van der Waals surface area contributed by atoms with Gasteiger partial charge >= 0.3 is 6.16 Å². The normalized spacial score (nSPS) is 24.0. The quantitative estimate of drug-likeness (QED) is 0.0112.